The molecule has 0 radical (unpaired) electrons. The van der Waals surface area contributed by atoms with Crippen molar-refractivity contribution in [2.75, 3.05) is 11.9 Å². The van der Waals surface area contributed by atoms with Crippen molar-refractivity contribution in [1.29, 1.82) is 0 Å². The Morgan fingerprint density at radius 2 is 1.68 bits per heavy atom. The molecule has 0 aliphatic rings. The number of carbonyl (C=O) groups is 1. The molecule has 3 rings (SSSR count). The summed E-state index contributed by atoms with van der Waals surface area (Å²) >= 11 is 6.99. The van der Waals surface area contributed by atoms with Crippen LogP contribution >= 0.6 is 23.6 Å². The molecule has 2 aromatic carbocycles. The van der Waals surface area contributed by atoms with Crippen molar-refractivity contribution in [2.24, 2.45) is 7.05 Å². The van der Waals surface area contributed by atoms with Crippen molar-refractivity contribution in [3.63, 3.8) is 0 Å². The number of nitrogens with zero attached hydrogens (tertiary/aromatic N) is 2. The van der Waals surface area contributed by atoms with E-state index in [4.69, 9.17) is 12.2 Å². The van der Waals surface area contributed by atoms with Crippen LogP contribution in [-0.2, 0) is 7.05 Å². The lowest BCUT2D eigenvalue weighted by atomic mass is 10.2. The molecule has 1 heterocycles. The highest BCUT2D eigenvalue weighted by atomic mass is 32.1. The van der Waals surface area contributed by atoms with Gasteiger partial charge >= 0.3 is 5.13 Å². The van der Waals surface area contributed by atoms with Gasteiger partial charge in [0, 0.05) is 16.5 Å². The Bertz CT molecular complexity index is 892. The van der Waals surface area contributed by atoms with Gasteiger partial charge in [-0.15, -0.1) is 0 Å². The van der Waals surface area contributed by atoms with Crippen LogP contribution in [-0.4, -0.2) is 18.1 Å². The molecule has 0 aliphatic carbocycles. The van der Waals surface area contributed by atoms with Gasteiger partial charge in [-0.05, 0) is 24.4 Å². The Hall–Kier alpha value is -2.57. The Kier molecular flexibility index (Phi) is 5.21. The molecular formula is C19H18N3OS2+. The number of nitrogens with one attached hydrogen (secondary N) is 1. The number of hydrogen-bond donors (Lipinski definition) is 1. The molecule has 0 saturated heterocycles. The third kappa shape index (κ3) is 3.75. The van der Waals surface area contributed by atoms with Crippen LogP contribution in [0.5, 0.6) is 0 Å². The van der Waals surface area contributed by atoms with E-state index < -0.39 is 0 Å². The molecule has 0 aliphatic heterocycles. The number of thiocarbonyl (C=S) groups is 1. The second-order valence-electron chi connectivity index (χ2n) is 5.51. The Morgan fingerprint density at radius 3 is 2.32 bits per heavy atom. The number of aromatic nitrogens is 1. The molecule has 0 atom stereocenters. The third-order valence-electron chi connectivity index (χ3n) is 3.84. The van der Waals surface area contributed by atoms with Crippen LogP contribution in [0, 0.1) is 0 Å². The van der Waals surface area contributed by atoms with Gasteiger partial charge in [-0.3, -0.25) is 10.1 Å². The van der Waals surface area contributed by atoms with Gasteiger partial charge in [-0.1, -0.05) is 59.9 Å². The van der Waals surface area contributed by atoms with Gasteiger partial charge in [0.2, 0.25) is 0 Å². The Labute approximate surface area is 156 Å². The number of hydrogen-bond acceptors (Lipinski definition) is 3. The van der Waals surface area contributed by atoms with E-state index in [2.05, 4.69) is 27.4 Å². The minimum Gasteiger partial charge on any atom is -0.279 e. The lowest BCUT2D eigenvalue weighted by molar-refractivity contribution is -0.642. The van der Waals surface area contributed by atoms with Crippen molar-refractivity contribution in [1.82, 2.24) is 5.32 Å². The van der Waals surface area contributed by atoms with Gasteiger partial charge in [0.25, 0.3) is 11.0 Å². The first-order valence-electron chi connectivity index (χ1n) is 7.75. The number of thiazole rings is 1. The summed E-state index contributed by atoms with van der Waals surface area (Å²) in [5, 5.41) is 6.18. The van der Waals surface area contributed by atoms with Gasteiger partial charge < -0.3 is 0 Å². The summed E-state index contributed by atoms with van der Waals surface area (Å²) in [5.41, 5.74) is 2.82. The minimum atomic E-state index is -0.208. The van der Waals surface area contributed by atoms with E-state index in [9.17, 15) is 4.79 Å². The highest BCUT2D eigenvalue weighted by Gasteiger charge is 2.25. The molecule has 4 nitrogen and oxygen atoms in total. The van der Waals surface area contributed by atoms with E-state index in [0.717, 1.165) is 16.4 Å². The first-order valence-corrected chi connectivity index (χ1v) is 9.03. The summed E-state index contributed by atoms with van der Waals surface area (Å²) in [6, 6.07) is 19.2. The molecule has 0 unspecified atom stereocenters. The maximum Gasteiger partial charge on any atom is 0.343 e. The predicted molar refractivity (Wildman–Crippen MR) is 106 cm³/mol. The number of carbonyl (C=O) groups excluding carboxylic acids is 1. The Balaban J connectivity index is 1.77. The van der Waals surface area contributed by atoms with Crippen LogP contribution in [0.1, 0.15) is 10.4 Å². The predicted octanol–water partition coefficient (Wildman–Crippen LogP) is 3.39. The summed E-state index contributed by atoms with van der Waals surface area (Å²) in [4.78, 5) is 14.1. The molecule has 1 N–H and O–H groups in total. The zero-order chi connectivity index (χ0) is 17.8. The van der Waals surface area contributed by atoms with E-state index >= 15 is 0 Å². The van der Waals surface area contributed by atoms with E-state index in [-0.39, 0.29) is 5.91 Å². The number of anilines is 1. The van der Waals surface area contributed by atoms with Crippen molar-refractivity contribution in [3.8, 4) is 11.3 Å². The second kappa shape index (κ2) is 7.55. The summed E-state index contributed by atoms with van der Waals surface area (Å²) in [6.45, 7) is 0. The first-order chi connectivity index (χ1) is 12.1. The highest BCUT2D eigenvalue weighted by Crippen LogP contribution is 2.24. The largest absolute Gasteiger partial charge is 0.343 e. The molecule has 25 heavy (non-hydrogen) atoms. The molecule has 0 bridgehead atoms. The fourth-order valence-corrected chi connectivity index (χ4v) is 3.73. The highest BCUT2D eigenvalue weighted by molar-refractivity contribution is 7.80. The average molecular weight is 369 g/mol. The van der Waals surface area contributed by atoms with Gasteiger partial charge in [0.15, 0.2) is 0 Å². The van der Waals surface area contributed by atoms with Gasteiger partial charge in [0.1, 0.15) is 5.69 Å². The monoisotopic (exact) mass is 368 g/mol. The fraction of sp³-hybridized carbons (Fsp3) is 0.105. The Morgan fingerprint density at radius 1 is 1.08 bits per heavy atom. The lowest BCUT2D eigenvalue weighted by Crippen LogP contribution is -2.45. The fourth-order valence-electron chi connectivity index (χ4n) is 2.47. The zero-order valence-corrected chi connectivity index (χ0v) is 15.6. The van der Waals surface area contributed by atoms with Crippen LogP contribution in [0.15, 0.2) is 66.0 Å². The average Bonchev–Trinajstić information content (AvgIpc) is 3.03. The van der Waals surface area contributed by atoms with Gasteiger partial charge in [0.05, 0.1) is 14.1 Å². The summed E-state index contributed by atoms with van der Waals surface area (Å²) in [6.07, 6.45) is 0. The van der Waals surface area contributed by atoms with Crippen LogP contribution in [0.4, 0.5) is 5.13 Å². The van der Waals surface area contributed by atoms with E-state index in [1.165, 1.54) is 0 Å². The van der Waals surface area contributed by atoms with Crippen LogP contribution in [0.25, 0.3) is 11.3 Å². The zero-order valence-electron chi connectivity index (χ0n) is 14.0. The smallest absolute Gasteiger partial charge is 0.279 e. The lowest BCUT2D eigenvalue weighted by Gasteiger charge is -2.12. The van der Waals surface area contributed by atoms with Gasteiger partial charge in [-0.2, -0.15) is 4.90 Å². The first kappa shape index (κ1) is 17.3. The molecule has 0 fully saturated rings. The van der Waals surface area contributed by atoms with Crippen LogP contribution in [0.2, 0.25) is 0 Å². The van der Waals surface area contributed by atoms with E-state index in [1.54, 1.807) is 23.5 Å². The maximum atomic E-state index is 12.3. The molecule has 0 spiro atoms. The molecule has 0 saturated carbocycles. The number of benzene rings is 2. The van der Waals surface area contributed by atoms with Crippen molar-refractivity contribution in [3.05, 3.63) is 71.6 Å². The van der Waals surface area contributed by atoms with E-state index in [1.807, 2.05) is 55.4 Å². The third-order valence-corrected chi connectivity index (χ3v) is 5.32. The minimum absolute atomic E-state index is 0.208. The van der Waals surface area contributed by atoms with Crippen molar-refractivity contribution >= 4 is 39.7 Å². The van der Waals surface area contributed by atoms with Gasteiger partial charge in [-0.25, -0.2) is 4.57 Å². The van der Waals surface area contributed by atoms with Crippen LogP contribution in [0.3, 0.4) is 0 Å². The topological polar surface area (TPSA) is 36.2 Å². The van der Waals surface area contributed by atoms with Crippen molar-refractivity contribution < 1.29 is 9.36 Å². The molecular weight excluding hydrogens is 350 g/mol. The quantitative estimate of drug-likeness (QED) is 0.569. The molecule has 1 aromatic heterocycles. The van der Waals surface area contributed by atoms with Crippen LogP contribution < -0.4 is 14.8 Å². The normalized spacial score (nSPS) is 10.3. The second-order valence-corrected chi connectivity index (χ2v) is 6.74. The molecule has 3 aromatic rings. The molecule has 126 valence electrons. The SMILES string of the molecule is CN(C(=S)NC(=O)c1ccccc1)c1scc(-c2ccccc2)[n+]1C. The summed E-state index contributed by atoms with van der Waals surface area (Å²) in [7, 11) is 3.85. The van der Waals surface area contributed by atoms with E-state index in [0.29, 0.717) is 10.7 Å². The molecule has 1 amide bonds. The molecule has 6 heteroatoms. The summed E-state index contributed by atoms with van der Waals surface area (Å²) < 4.78 is 2.07. The number of rotatable bonds is 3. The van der Waals surface area contributed by atoms with Crippen molar-refractivity contribution in [2.45, 2.75) is 0 Å². The summed E-state index contributed by atoms with van der Waals surface area (Å²) in [5.74, 6) is -0.208. The standard InChI is InChI=1S/C19H17N3OS2/c1-21-16(14-9-5-3-6-10-14)13-25-19(21)22(2)18(24)20-17(23)15-11-7-4-8-12-15/h3-13H,1-2H3/p+1. The number of amides is 1. The maximum absolute atomic E-state index is 12.3.